The summed E-state index contributed by atoms with van der Waals surface area (Å²) >= 11 is 3.99. The van der Waals surface area contributed by atoms with Crippen molar-refractivity contribution < 1.29 is 44.8 Å². The highest BCUT2D eigenvalue weighted by atomic mass is 32.1. The second-order valence-electron chi connectivity index (χ2n) is 5.84. The fourth-order valence-corrected chi connectivity index (χ4v) is 3.08. The summed E-state index contributed by atoms with van der Waals surface area (Å²) in [5.74, 6) is 0.0671. The fourth-order valence-electron chi connectivity index (χ4n) is 2.78. The Hall–Kier alpha value is -0.0100. The summed E-state index contributed by atoms with van der Waals surface area (Å²) in [6.07, 6.45) is -12.2. The van der Waals surface area contributed by atoms with Gasteiger partial charge in [-0.3, -0.25) is 0 Å². The third-order valence-electron chi connectivity index (χ3n) is 4.24. The van der Waals surface area contributed by atoms with Crippen LogP contribution in [-0.2, 0) is 14.2 Å². The van der Waals surface area contributed by atoms with Crippen LogP contribution in [0.4, 0.5) is 0 Å². The van der Waals surface area contributed by atoms with Gasteiger partial charge >= 0.3 is 0 Å². The molecule has 0 amide bonds. The van der Waals surface area contributed by atoms with E-state index in [1.54, 1.807) is 0 Å². The van der Waals surface area contributed by atoms with Crippen molar-refractivity contribution in [2.75, 3.05) is 12.4 Å². The largest absolute Gasteiger partial charge is 0.394 e. The number of ether oxygens (including phenoxy) is 3. The van der Waals surface area contributed by atoms with E-state index in [4.69, 9.17) is 14.2 Å². The van der Waals surface area contributed by atoms with Crippen molar-refractivity contribution in [2.24, 2.45) is 0 Å². The lowest BCUT2D eigenvalue weighted by atomic mass is 9.95. The molecule has 0 aromatic carbocycles. The number of hydrogen-bond donors (Lipinski definition) is 7. The molecule has 4 unspecified atom stereocenters. The van der Waals surface area contributed by atoms with Crippen LogP contribution >= 0.6 is 12.6 Å². The molecule has 2 saturated heterocycles. The lowest BCUT2D eigenvalue weighted by Gasteiger charge is -2.45. The smallest absolute Gasteiger partial charge is 0.187 e. The zero-order valence-corrected chi connectivity index (χ0v) is 13.4. The van der Waals surface area contributed by atoms with Crippen molar-refractivity contribution >= 4 is 12.6 Å². The number of thiol groups is 1. The summed E-state index contributed by atoms with van der Waals surface area (Å²) in [5.41, 5.74) is 0. The molecule has 10 atom stereocenters. The Bertz CT molecular complexity index is 382. The van der Waals surface area contributed by atoms with E-state index in [1.165, 1.54) is 6.92 Å². The molecule has 23 heavy (non-hydrogen) atoms. The van der Waals surface area contributed by atoms with Gasteiger partial charge in [0.05, 0.1) is 18.8 Å². The third kappa shape index (κ3) is 3.82. The van der Waals surface area contributed by atoms with Crippen LogP contribution < -0.4 is 0 Å². The second kappa shape index (κ2) is 7.91. The van der Waals surface area contributed by atoms with Crippen LogP contribution in [0.5, 0.6) is 0 Å². The van der Waals surface area contributed by atoms with E-state index >= 15 is 0 Å². The normalized spacial score (nSPS) is 51.7. The van der Waals surface area contributed by atoms with Crippen LogP contribution in [0, 0.1) is 0 Å². The van der Waals surface area contributed by atoms with Crippen molar-refractivity contribution in [1.82, 2.24) is 0 Å². The molecule has 2 aliphatic heterocycles. The molecule has 136 valence electrons. The lowest BCUT2D eigenvalue weighted by Crippen LogP contribution is -2.64. The molecule has 0 radical (unpaired) electrons. The van der Waals surface area contributed by atoms with Crippen molar-refractivity contribution in [3.8, 4) is 0 Å². The van der Waals surface area contributed by atoms with Gasteiger partial charge in [0.1, 0.15) is 42.7 Å². The first-order chi connectivity index (χ1) is 10.8. The van der Waals surface area contributed by atoms with Gasteiger partial charge in [-0.1, -0.05) is 0 Å². The molecule has 0 saturated carbocycles. The number of hydrogen-bond acceptors (Lipinski definition) is 10. The van der Waals surface area contributed by atoms with Crippen molar-refractivity contribution in [1.29, 1.82) is 0 Å². The van der Waals surface area contributed by atoms with Gasteiger partial charge in [0.2, 0.25) is 0 Å². The van der Waals surface area contributed by atoms with Crippen LogP contribution in [0.2, 0.25) is 0 Å². The molecule has 0 bridgehead atoms. The highest BCUT2D eigenvalue weighted by molar-refractivity contribution is 7.80. The first-order valence-electron chi connectivity index (χ1n) is 7.40. The number of rotatable bonds is 4. The summed E-state index contributed by atoms with van der Waals surface area (Å²) < 4.78 is 16.2. The Morgan fingerprint density at radius 2 is 1.52 bits per heavy atom. The van der Waals surface area contributed by atoms with E-state index in [0.717, 1.165) is 0 Å². The maximum atomic E-state index is 10.1. The fraction of sp³-hybridized carbons (Fsp3) is 1.00. The van der Waals surface area contributed by atoms with Gasteiger partial charge in [0.25, 0.3) is 0 Å². The predicted octanol–water partition coefficient (Wildman–Crippen LogP) is -3.39. The molecule has 2 fully saturated rings. The zero-order valence-electron chi connectivity index (χ0n) is 12.5. The Kier molecular flexibility index (Phi) is 6.65. The standard InChI is InChI=1S/C13H24O9S/c1-4-7(15)10(18)12(5(2-14)20-4)22-13-11(19)9(17)8(16)6(3-23)21-13/h4-19,23H,2-3H2,1H3/t4-,5?,6?,7?,8-,9-,10+,11?,12+,13-/m0/s1. The predicted molar refractivity (Wildman–Crippen MR) is 78.8 cm³/mol. The molecule has 10 heteroatoms. The molecular formula is C13H24O9S. The first-order valence-corrected chi connectivity index (χ1v) is 8.03. The molecule has 6 N–H and O–H groups in total. The van der Waals surface area contributed by atoms with E-state index in [0.29, 0.717) is 0 Å². The summed E-state index contributed by atoms with van der Waals surface area (Å²) in [4.78, 5) is 0. The molecule has 0 aliphatic carbocycles. The molecule has 2 heterocycles. The van der Waals surface area contributed by atoms with E-state index in [9.17, 15) is 30.6 Å². The topological polar surface area (TPSA) is 149 Å². The molecule has 2 aliphatic rings. The summed E-state index contributed by atoms with van der Waals surface area (Å²) in [6, 6.07) is 0. The Morgan fingerprint density at radius 3 is 2.09 bits per heavy atom. The van der Waals surface area contributed by atoms with Crippen molar-refractivity contribution in [2.45, 2.75) is 68.1 Å². The molecule has 9 nitrogen and oxygen atoms in total. The quantitative estimate of drug-likeness (QED) is 0.256. The van der Waals surface area contributed by atoms with E-state index < -0.39 is 67.8 Å². The minimum Gasteiger partial charge on any atom is -0.394 e. The van der Waals surface area contributed by atoms with Gasteiger partial charge < -0.3 is 44.8 Å². The molecule has 0 aromatic rings. The third-order valence-corrected chi connectivity index (χ3v) is 4.60. The highest BCUT2D eigenvalue weighted by Gasteiger charge is 2.49. The van der Waals surface area contributed by atoms with Crippen LogP contribution in [0.25, 0.3) is 0 Å². The maximum Gasteiger partial charge on any atom is 0.187 e. The Labute approximate surface area is 138 Å². The number of aliphatic hydroxyl groups is 6. The van der Waals surface area contributed by atoms with Crippen molar-refractivity contribution in [3.63, 3.8) is 0 Å². The molecule has 0 spiro atoms. The monoisotopic (exact) mass is 356 g/mol. The van der Waals surface area contributed by atoms with Gasteiger partial charge in [-0.25, -0.2) is 0 Å². The van der Waals surface area contributed by atoms with Crippen LogP contribution in [0.15, 0.2) is 0 Å². The van der Waals surface area contributed by atoms with Crippen LogP contribution in [-0.4, -0.2) is 104 Å². The SMILES string of the molecule is C[C@@H]1OC(CO)[C@@H](O[C@@H]2OC(CS)[C@H](O)[C@H](O)C2O)[C@H](O)C1O. The van der Waals surface area contributed by atoms with Gasteiger partial charge in [-0.15, -0.1) is 0 Å². The van der Waals surface area contributed by atoms with Crippen molar-refractivity contribution in [3.05, 3.63) is 0 Å². The van der Waals surface area contributed by atoms with Gasteiger partial charge in [-0.2, -0.15) is 12.6 Å². The molecule has 0 aromatic heterocycles. The summed E-state index contributed by atoms with van der Waals surface area (Å²) in [5, 5.41) is 59.0. The average molecular weight is 356 g/mol. The lowest BCUT2D eigenvalue weighted by molar-refractivity contribution is -0.336. The Balaban J connectivity index is 2.11. The van der Waals surface area contributed by atoms with Gasteiger partial charge in [-0.05, 0) is 6.92 Å². The minimum atomic E-state index is -1.58. The molecule has 2 rings (SSSR count). The summed E-state index contributed by atoms with van der Waals surface area (Å²) in [7, 11) is 0. The highest BCUT2D eigenvalue weighted by Crippen LogP contribution is 2.29. The van der Waals surface area contributed by atoms with Crippen LogP contribution in [0.1, 0.15) is 6.92 Å². The van der Waals surface area contributed by atoms with E-state index in [2.05, 4.69) is 12.6 Å². The summed E-state index contributed by atoms with van der Waals surface area (Å²) in [6.45, 7) is 1.05. The maximum absolute atomic E-state index is 10.1. The first kappa shape index (κ1) is 19.3. The van der Waals surface area contributed by atoms with Crippen LogP contribution in [0.3, 0.4) is 0 Å². The Morgan fingerprint density at radius 1 is 0.870 bits per heavy atom. The average Bonchev–Trinajstić information content (AvgIpc) is 2.55. The minimum absolute atomic E-state index is 0.0671. The molecular weight excluding hydrogens is 332 g/mol. The zero-order chi connectivity index (χ0) is 17.3. The van der Waals surface area contributed by atoms with Gasteiger partial charge in [0, 0.05) is 5.75 Å². The van der Waals surface area contributed by atoms with E-state index in [-0.39, 0.29) is 5.75 Å². The van der Waals surface area contributed by atoms with Gasteiger partial charge in [0.15, 0.2) is 6.29 Å². The second-order valence-corrected chi connectivity index (χ2v) is 6.21. The van der Waals surface area contributed by atoms with E-state index in [1.807, 2.05) is 0 Å². The number of aliphatic hydroxyl groups excluding tert-OH is 6.